The molecule has 2 aromatic heterocycles. The lowest BCUT2D eigenvalue weighted by Gasteiger charge is -2.13. The highest BCUT2D eigenvalue weighted by Gasteiger charge is 2.21. The number of carboxylic acids is 1. The van der Waals surface area contributed by atoms with Crippen molar-refractivity contribution in [2.45, 2.75) is 19.4 Å². The fourth-order valence-corrected chi connectivity index (χ4v) is 4.25. The average molecular weight is 390 g/mol. The summed E-state index contributed by atoms with van der Waals surface area (Å²) in [6, 6.07) is 17.2. The van der Waals surface area contributed by atoms with E-state index < -0.39 is 12.0 Å². The summed E-state index contributed by atoms with van der Waals surface area (Å²) in [5.41, 5.74) is 3.59. The number of fused-ring (bicyclic) bond motifs is 1. The normalized spacial score (nSPS) is 12.2. The maximum atomic E-state index is 13.0. The van der Waals surface area contributed by atoms with Crippen LogP contribution >= 0.6 is 11.3 Å². The summed E-state index contributed by atoms with van der Waals surface area (Å²) in [5, 5.41) is 11.8. The van der Waals surface area contributed by atoms with Crippen LogP contribution in [-0.2, 0) is 4.79 Å². The molecule has 2 heterocycles. The van der Waals surface area contributed by atoms with Gasteiger partial charge >= 0.3 is 5.97 Å². The molecule has 0 bridgehead atoms. The Morgan fingerprint density at radius 2 is 1.71 bits per heavy atom. The van der Waals surface area contributed by atoms with Gasteiger partial charge in [0.15, 0.2) is 0 Å². The van der Waals surface area contributed by atoms with Crippen molar-refractivity contribution >= 4 is 27.5 Å². The van der Waals surface area contributed by atoms with Crippen LogP contribution in [0.1, 0.15) is 19.4 Å². The Bertz CT molecular complexity index is 1190. The van der Waals surface area contributed by atoms with Crippen molar-refractivity contribution in [3.63, 3.8) is 0 Å². The minimum Gasteiger partial charge on any atom is -0.480 e. The highest BCUT2D eigenvalue weighted by Crippen LogP contribution is 2.32. The van der Waals surface area contributed by atoms with Crippen LogP contribution in [0.15, 0.2) is 71.1 Å². The van der Waals surface area contributed by atoms with Gasteiger partial charge in [0.2, 0.25) is 0 Å². The first kappa shape index (κ1) is 18.1. The summed E-state index contributed by atoms with van der Waals surface area (Å²) in [6.07, 6.45) is 1.65. The molecule has 4 rings (SSSR count). The minimum atomic E-state index is -1.03. The number of nitrogens with zero attached hydrogens (tertiary/aromatic N) is 2. The van der Waals surface area contributed by atoms with Crippen LogP contribution in [0, 0.1) is 0 Å². The molecule has 1 N–H and O–H groups in total. The number of rotatable bonds is 5. The number of aromatic nitrogens is 2. The molecule has 1 atom stereocenters. The standard InChI is InChI=1S/C22H18N2O3S/c1-2-18(22(26)27)24-13-23-20-19(21(24)25)17(12-28-20)16-10-8-15(9-11-16)14-6-4-3-5-7-14/h3-13,18H,2H2,1H3,(H,26,27). The zero-order valence-electron chi connectivity index (χ0n) is 15.2. The van der Waals surface area contributed by atoms with Gasteiger partial charge in [-0.2, -0.15) is 0 Å². The lowest BCUT2D eigenvalue weighted by Crippen LogP contribution is -2.29. The van der Waals surface area contributed by atoms with Gasteiger partial charge in [0.25, 0.3) is 5.56 Å². The minimum absolute atomic E-state index is 0.313. The van der Waals surface area contributed by atoms with Crippen molar-refractivity contribution in [3.8, 4) is 22.3 Å². The number of thiophene rings is 1. The molecule has 5 nitrogen and oxygen atoms in total. The Labute approximate surface area is 165 Å². The Kier molecular flexibility index (Phi) is 4.79. The highest BCUT2D eigenvalue weighted by molar-refractivity contribution is 7.17. The maximum absolute atomic E-state index is 13.0. The van der Waals surface area contributed by atoms with Gasteiger partial charge in [0, 0.05) is 10.9 Å². The molecular weight excluding hydrogens is 372 g/mol. The molecule has 0 aliphatic heterocycles. The van der Waals surface area contributed by atoms with Gasteiger partial charge in [-0.25, -0.2) is 9.78 Å². The van der Waals surface area contributed by atoms with E-state index in [0.717, 1.165) is 22.3 Å². The molecule has 0 spiro atoms. The Balaban J connectivity index is 1.81. The second-order valence-electron chi connectivity index (χ2n) is 6.49. The number of aliphatic carboxylic acids is 1. The molecule has 4 aromatic rings. The van der Waals surface area contributed by atoms with Crippen LogP contribution in [-0.4, -0.2) is 20.6 Å². The van der Waals surface area contributed by atoms with Gasteiger partial charge in [-0.1, -0.05) is 61.5 Å². The molecule has 1 unspecified atom stereocenters. The van der Waals surface area contributed by atoms with Gasteiger partial charge in [-0.05, 0) is 23.1 Å². The van der Waals surface area contributed by atoms with E-state index in [9.17, 15) is 14.7 Å². The first-order chi connectivity index (χ1) is 13.6. The molecule has 0 saturated heterocycles. The van der Waals surface area contributed by atoms with E-state index in [1.54, 1.807) is 6.92 Å². The van der Waals surface area contributed by atoms with Crippen LogP contribution in [0.3, 0.4) is 0 Å². The van der Waals surface area contributed by atoms with E-state index in [-0.39, 0.29) is 5.56 Å². The molecule has 0 aliphatic rings. The second-order valence-corrected chi connectivity index (χ2v) is 7.35. The summed E-state index contributed by atoms with van der Waals surface area (Å²) in [4.78, 5) is 29.5. The zero-order chi connectivity index (χ0) is 19.7. The molecular formula is C22H18N2O3S. The number of hydrogen-bond acceptors (Lipinski definition) is 4. The molecule has 0 radical (unpaired) electrons. The van der Waals surface area contributed by atoms with Crippen LogP contribution in [0.25, 0.3) is 32.5 Å². The first-order valence-corrected chi connectivity index (χ1v) is 9.85. The number of benzene rings is 2. The summed E-state index contributed by atoms with van der Waals surface area (Å²) in [6.45, 7) is 1.74. The summed E-state index contributed by atoms with van der Waals surface area (Å²) >= 11 is 1.39. The molecule has 2 aromatic carbocycles. The van der Waals surface area contributed by atoms with Crippen molar-refractivity contribution in [3.05, 3.63) is 76.7 Å². The largest absolute Gasteiger partial charge is 0.480 e. The maximum Gasteiger partial charge on any atom is 0.326 e. The van der Waals surface area contributed by atoms with E-state index in [4.69, 9.17) is 0 Å². The van der Waals surface area contributed by atoms with Crippen molar-refractivity contribution in [2.24, 2.45) is 0 Å². The van der Waals surface area contributed by atoms with E-state index in [0.29, 0.717) is 16.6 Å². The molecule has 0 fully saturated rings. The molecule has 0 amide bonds. The highest BCUT2D eigenvalue weighted by atomic mass is 32.1. The molecule has 140 valence electrons. The molecule has 0 aliphatic carbocycles. The Hall–Kier alpha value is -3.25. The zero-order valence-corrected chi connectivity index (χ0v) is 16.0. The number of hydrogen-bond donors (Lipinski definition) is 1. The quantitative estimate of drug-likeness (QED) is 0.530. The third-order valence-corrected chi connectivity index (χ3v) is 5.72. The van der Waals surface area contributed by atoms with Gasteiger partial charge in [-0.15, -0.1) is 11.3 Å². The third-order valence-electron chi connectivity index (χ3n) is 4.83. The van der Waals surface area contributed by atoms with Crippen LogP contribution in [0.5, 0.6) is 0 Å². The van der Waals surface area contributed by atoms with E-state index in [2.05, 4.69) is 4.98 Å². The SMILES string of the molecule is CCC(C(=O)O)n1cnc2scc(-c3ccc(-c4ccccc4)cc3)c2c1=O. The smallest absolute Gasteiger partial charge is 0.326 e. The monoisotopic (exact) mass is 390 g/mol. The fourth-order valence-electron chi connectivity index (χ4n) is 3.34. The first-order valence-electron chi connectivity index (χ1n) is 8.97. The van der Waals surface area contributed by atoms with Gasteiger partial charge in [0.05, 0.1) is 11.7 Å². The molecule has 28 heavy (non-hydrogen) atoms. The molecule has 6 heteroatoms. The number of carboxylic acid groups (broad SMARTS) is 1. The topological polar surface area (TPSA) is 72.2 Å². The lowest BCUT2D eigenvalue weighted by molar-refractivity contribution is -0.141. The van der Waals surface area contributed by atoms with E-state index in [1.165, 1.54) is 22.2 Å². The predicted molar refractivity (Wildman–Crippen MR) is 112 cm³/mol. The summed E-state index contributed by atoms with van der Waals surface area (Å²) in [7, 11) is 0. The van der Waals surface area contributed by atoms with Gasteiger partial charge < -0.3 is 5.11 Å². The van der Waals surface area contributed by atoms with Crippen LogP contribution in [0.2, 0.25) is 0 Å². The Morgan fingerprint density at radius 3 is 2.36 bits per heavy atom. The van der Waals surface area contributed by atoms with Crippen molar-refractivity contribution in [1.82, 2.24) is 9.55 Å². The summed E-state index contributed by atoms with van der Waals surface area (Å²) in [5.74, 6) is -1.03. The number of carbonyl (C=O) groups is 1. The third kappa shape index (κ3) is 3.12. The van der Waals surface area contributed by atoms with Crippen molar-refractivity contribution < 1.29 is 9.90 Å². The van der Waals surface area contributed by atoms with Gasteiger partial charge in [-0.3, -0.25) is 9.36 Å². The van der Waals surface area contributed by atoms with Gasteiger partial charge in [0.1, 0.15) is 10.9 Å². The predicted octanol–water partition coefficient (Wildman–Crippen LogP) is 4.83. The fraction of sp³-hybridized carbons (Fsp3) is 0.136. The second kappa shape index (κ2) is 7.40. The van der Waals surface area contributed by atoms with Crippen molar-refractivity contribution in [2.75, 3.05) is 0 Å². The summed E-state index contributed by atoms with van der Waals surface area (Å²) < 4.78 is 1.22. The van der Waals surface area contributed by atoms with E-state index >= 15 is 0 Å². The van der Waals surface area contributed by atoms with E-state index in [1.807, 2.05) is 60.0 Å². The lowest BCUT2D eigenvalue weighted by atomic mass is 10.0. The molecule has 0 saturated carbocycles. The average Bonchev–Trinajstić information content (AvgIpc) is 3.16. The Morgan fingerprint density at radius 1 is 1.07 bits per heavy atom. The van der Waals surface area contributed by atoms with Crippen molar-refractivity contribution in [1.29, 1.82) is 0 Å². The van der Waals surface area contributed by atoms with Crippen LogP contribution in [0.4, 0.5) is 0 Å². The van der Waals surface area contributed by atoms with Crippen LogP contribution < -0.4 is 5.56 Å².